The molecule has 218 valence electrons. The van der Waals surface area contributed by atoms with E-state index in [1.54, 1.807) is 0 Å². The monoisotopic (exact) mass is 614 g/mol. The van der Waals surface area contributed by atoms with Crippen molar-refractivity contribution in [1.82, 2.24) is 0 Å². The maximum absolute atomic E-state index is 9.16. The van der Waals surface area contributed by atoms with Crippen LogP contribution in [0.4, 0.5) is 0 Å². The summed E-state index contributed by atoms with van der Waals surface area (Å²) in [6.07, 6.45) is 0. The maximum atomic E-state index is 9.16. The molecule has 2 bridgehead atoms. The Kier molecular flexibility index (Phi) is 6.43. The van der Waals surface area contributed by atoms with Crippen molar-refractivity contribution in [3.05, 3.63) is 208 Å². The zero-order valence-electron chi connectivity index (χ0n) is 25.9. The molecule has 0 fully saturated rings. The SMILES string of the molecule is Cc1cc(C)c([Si]2(Cl)C3(c4ccccc4)C(c4ccccc4)=C(c4ccccc4)C2(c2ccccc2)c2ccccc23)c(C)c1. The van der Waals surface area contributed by atoms with Crippen LogP contribution in [0.2, 0.25) is 0 Å². The zero-order valence-corrected chi connectivity index (χ0v) is 27.6. The lowest BCUT2D eigenvalue weighted by Crippen LogP contribution is -2.66. The third-order valence-electron chi connectivity index (χ3n) is 10.3. The van der Waals surface area contributed by atoms with Crippen LogP contribution in [-0.2, 0) is 10.1 Å². The number of hydrogen-bond donors (Lipinski definition) is 0. The third-order valence-corrected chi connectivity index (χ3v) is 17.8. The number of fused-ring (bicyclic) bond motifs is 5. The van der Waals surface area contributed by atoms with Crippen LogP contribution in [0.3, 0.4) is 0 Å². The molecule has 2 aliphatic rings. The lowest BCUT2D eigenvalue weighted by atomic mass is 9.65. The van der Waals surface area contributed by atoms with E-state index in [0.29, 0.717) is 0 Å². The second-order valence-corrected chi connectivity index (χ2v) is 17.7. The first-order valence-corrected chi connectivity index (χ1v) is 18.8. The summed E-state index contributed by atoms with van der Waals surface area (Å²) >= 11 is 9.16. The van der Waals surface area contributed by atoms with Gasteiger partial charge in [0.1, 0.15) is 0 Å². The molecule has 0 radical (unpaired) electrons. The van der Waals surface area contributed by atoms with E-state index in [1.165, 1.54) is 66.4 Å². The van der Waals surface area contributed by atoms with Crippen LogP contribution in [-0.4, -0.2) is 7.38 Å². The van der Waals surface area contributed by atoms with Crippen molar-refractivity contribution in [2.75, 3.05) is 0 Å². The molecule has 2 heteroatoms. The van der Waals surface area contributed by atoms with Crippen LogP contribution in [0.15, 0.2) is 158 Å². The molecule has 2 heterocycles. The minimum atomic E-state index is -3.35. The highest BCUT2D eigenvalue weighted by Gasteiger charge is 2.81. The Morgan fingerprint density at radius 3 is 1.16 bits per heavy atom. The molecule has 0 aromatic heterocycles. The molecule has 6 aromatic rings. The lowest BCUT2D eigenvalue weighted by Gasteiger charge is -2.46. The van der Waals surface area contributed by atoms with E-state index >= 15 is 0 Å². The van der Waals surface area contributed by atoms with Gasteiger partial charge in [-0.25, -0.2) is 0 Å². The van der Waals surface area contributed by atoms with Crippen LogP contribution in [0.25, 0.3) is 11.1 Å². The Bertz CT molecular complexity index is 1940. The smallest absolute Gasteiger partial charge is 0.158 e. The van der Waals surface area contributed by atoms with Gasteiger partial charge in [0, 0.05) is 0 Å². The Morgan fingerprint density at radius 2 is 0.778 bits per heavy atom. The fourth-order valence-electron chi connectivity index (χ4n) is 9.18. The van der Waals surface area contributed by atoms with E-state index in [1.807, 2.05) is 0 Å². The summed E-state index contributed by atoms with van der Waals surface area (Å²) in [5.41, 5.74) is 14.2. The molecular weight excluding hydrogens is 580 g/mol. The van der Waals surface area contributed by atoms with Gasteiger partial charge in [-0.05, 0) is 81.6 Å². The summed E-state index contributed by atoms with van der Waals surface area (Å²) in [6, 6.07) is 58.4. The van der Waals surface area contributed by atoms with Gasteiger partial charge in [-0.15, -0.1) is 0 Å². The van der Waals surface area contributed by atoms with E-state index in [4.69, 9.17) is 11.1 Å². The van der Waals surface area contributed by atoms with Crippen molar-refractivity contribution in [2.45, 2.75) is 30.8 Å². The Hall–Kier alpha value is -4.43. The van der Waals surface area contributed by atoms with E-state index in [-0.39, 0.29) is 0 Å². The minimum Gasteiger partial charge on any atom is -0.158 e. The molecular formula is C43H35ClSi. The number of hydrogen-bond acceptors (Lipinski definition) is 0. The predicted octanol–water partition coefficient (Wildman–Crippen LogP) is 9.99. The van der Waals surface area contributed by atoms with Crippen LogP contribution < -0.4 is 5.19 Å². The van der Waals surface area contributed by atoms with Gasteiger partial charge in [0.15, 0.2) is 0 Å². The molecule has 2 unspecified atom stereocenters. The highest BCUT2D eigenvalue weighted by molar-refractivity contribution is 7.33. The summed E-state index contributed by atoms with van der Waals surface area (Å²) in [6.45, 7) is 6.78. The molecule has 45 heavy (non-hydrogen) atoms. The molecule has 0 N–H and O–H groups in total. The maximum Gasteiger partial charge on any atom is 0.225 e. The van der Waals surface area contributed by atoms with Gasteiger partial charge in [-0.1, -0.05) is 163 Å². The van der Waals surface area contributed by atoms with Crippen LogP contribution in [0, 0.1) is 20.8 Å². The average molecular weight is 615 g/mol. The summed E-state index contributed by atoms with van der Waals surface area (Å²) in [5, 5.41) is 0.178. The van der Waals surface area contributed by atoms with Crippen molar-refractivity contribution in [1.29, 1.82) is 0 Å². The summed E-state index contributed by atoms with van der Waals surface area (Å²) in [5.74, 6) is 0. The molecule has 0 amide bonds. The summed E-state index contributed by atoms with van der Waals surface area (Å²) in [4.78, 5) is 0. The zero-order chi connectivity index (χ0) is 30.8. The second-order valence-electron chi connectivity index (χ2n) is 12.7. The number of rotatable bonds is 5. The minimum absolute atomic E-state index is 0.584. The molecule has 0 saturated carbocycles. The first-order valence-electron chi connectivity index (χ1n) is 15.8. The van der Waals surface area contributed by atoms with Crippen LogP contribution in [0.5, 0.6) is 0 Å². The van der Waals surface area contributed by atoms with Gasteiger partial charge < -0.3 is 0 Å². The average Bonchev–Trinajstić information content (AvgIpc) is 3.41. The van der Waals surface area contributed by atoms with Crippen molar-refractivity contribution in [3.8, 4) is 0 Å². The summed E-state index contributed by atoms with van der Waals surface area (Å²) < 4.78 is 0. The quantitative estimate of drug-likeness (QED) is 0.134. The molecule has 8 rings (SSSR count). The molecule has 0 saturated heterocycles. The standard InChI is InChI=1S/C43H35ClSi/c1-30-28-31(2)41(32(3)29-30)45(44)42(35-22-12-6-13-23-35)37-26-16-17-27-38(37)43(45,36-24-14-7-15-25-36)40(34-20-10-5-11-21-34)39(42)33-18-8-4-9-19-33/h4-29H,1-3H3. The largest absolute Gasteiger partial charge is 0.225 e. The first kappa shape index (κ1) is 28.1. The molecule has 0 spiro atoms. The Labute approximate surface area is 272 Å². The summed E-state index contributed by atoms with van der Waals surface area (Å²) in [7, 11) is -3.35. The molecule has 0 aliphatic carbocycles. The van der Waals surface area contributed by atoms with Crippen molar-refractivity contribution in [3.63, 3.8) is 0 Å². The molecule has 2 atom stereocenters. The van der Waals surface area contributed by atoms with Gasteiger partial charge in [0.2, 0.25) is 7.38 Å². The first-order chi connectivity index (χ1) is 22.0. The van der Waals surface area contributed by atoms with Crippen molar-refractivity contribution >= 4 is 34.8 Å². The van der Waals surface area contributed by atoms with E-state index in [2.05, 4.69) is 178 Å². The van der Waals surface area contributed by atoms with Gasteiger partial charge in [0.05, 0.1) is 10.1 Å². The highest BCUT2D eigenvalue weighted by Crippen LogP contribution is 2.76. The van der Waals surface area contributed by atoms with E-state index in [0.717, 1.165) is 0 Å². The third kappa shape index (κ3) is 3.49. The topological polar surface area (TPSA) is 0 Å². The van der Waals surface area contributed by atoms with Crippen LogP contribution in [0.1, 0.15) is 50.1 Å². The highest BCUT2D eigenvalue weighted by atomic mass is 35.6. The van der Waals surface area contributed by atoms with Gasteiger partial charge >= 0.3 is 0 Å². The fraction of sp³-hybridized carbons (Fsp3) is 0.116. The number of allylic oxidation sites excluding steroid dienone is 2. The second kappa shape index (κ2) is 10.3. The van der Waals surface area contributed by atoms with Gasteiger partial charge in [-0.2, -0.15) is 11.1 Å². The van der Waals surface area contributed by atoms with E-state index < -0.39 is 17.5 Å². The number of aryl methyl sites for hydroxylation is 3. The van der Waals surface area contributed by atoms with Crippen molar-refractivity contribution in [2.24, 2.45) is 0 Å². The number of benzene rings is 6. The fourth-order valence-corrected chi connectivity index (χ4v) is 18.0. The van der Waals surface area contributed by atoms with Gasteiger partial charge in [-0.3, -0.25) is 0 Å². The van der Waals surface area contributed by atoms with Crippen molar-refractivity contribution < 1.29 is 0 Å². The van der Waals surface area contributed by atoms with E-state index in [9.17, 15) is 0 Å². The Balaban J connectivity index is 1.72. The Morgan fingerprint density at radius 1 is 0.444 bits per heavy atom. The predicted molar refractivity (Wildman–Crippen MR) is 192 cm³/mol. The number of halogens is 1. The lowest BCUT2D eigenvalue weighted by molar-refractivity contribution is 0.915. The molecule has 2 aliphatic heterocycles. The normalized spacial score (nSPS) is 23.3. The molecule has 0 nitrogen and oxygen atoms in total. The van der Waals surface area contributed by atoms with Crippen LogP contribution >= 0.6 is 11.1 Å². The molecule has 6 aromatic carbocycles. The van der Waals surface area contributed by atoms with Gasteiger partial charge in [0.25, 0.3) is 0 Å².